The molecule has 22 heavy (non-hydrogen) atoms. The van der Waals surface area contributed by atoms with Gasteiger partial charge in [-0.25, -0.2) is 13.2 Å². The summed E-state index contributed by atoms with van der Waals surface area (Å²) in [4.78, 5) is 9.97. The van der Waals surface area contributed by atoms with Crippen molar-refractivity contribution < 1.29 is 36.2 Å². The van der Waals surface area contributed by atoms with Gasteiger partial charge in [0.05, 0.1) is 23.6 Å². The zero-order valence-corrected chi connectivity index (χ0v) is 11.9. The van der Waals surface area contributed by atoms with Gasteiger partial charge in [-0.2, -0.15) is 17.5 Å². The van der Waals surface area contributed by atoms with Crippen molar-refractivity contribution in [1.29, 1.82) is 0 Å². The van der Waals surface area contributed by atoms with Gasteiger partial charge in [0, 0.05) is 6.54 Å². The Hall–Kier alpha value is -1.65. The van der Waals surface area contributed by atoms with E-state index in [-0.39, 0.29) is 13.2 Å². The average molecular weight is 339 g/mol. The first-order valence-corrected chi connectivity index (χ1v) is 7.59. The smallest absolute Gasteiger partial charge is 0.417 e. The normalized spacial score (nSPS) is 20.8. The van der Waals surface area contributed by atoms with Crippen LogP contribution in [0.15, 0.2) is 29.2 Å². The summed E-state index contributed by atoms with van der Waals surface area (Å²) in [7, 11) is -4.47. The number of sulfonamides is 1. The van der Waals surface area contributed by atoms with Gasteiger partial charge in [0.15, 0.2) is 6.10 Å². The summed E-state index contributed by atoms with van der Waals surface area (Å²) in [5.41, 5.74) is -1.28. The molecular weight excluding hydrogens is 327 g/mol. The molecule has 122 valence electrons. The molecule has 0 saturated carbocycles. The number of carboxylic acid groups (broad SMARTS) is 1. The average Bonchev–Trinajstić information content (AvgIpc) is 2.46. The zero-order chi connectivity index (χ0) is 16.5. The van der Waals surface area contributed by atoms with E-state index in [1.54, 1.807) is 0 Å². The number of morpholine rings is 1. The fourth-order valence-electron chi connectivity index (χ4n) is 2.06. The van der Waals surface area contributed by atoms with Crippen molar-refractivity contribution in [3.8, 4) is 0 Å². The van der Waals surface area contributed by atoms with Crippen molar-refractivity contribution in [2.45, 2.75) is 17.2 Å². The van der Waals surface area contributed by atoms with Crippen LogP contribution in [0.1, 0.15) is 5.56 Å². The van der Waals surface area contributed by atoms with E-state index in [0.717, 1.165) is 12.1 Å². The van der Waals surface area contributed by atoms with Crippen LogP contribution < -0.4 is 0 Å². The Labute approximate surface area is 124 Å². The van der Waals surface area contributed by atoms with Crippen LogP contribution in [0.3, 0.4) is 0 Å². The lowest BCUT2D eigenvalue weighted by molar-refractivity contribution is -0.153. The minimum Gasteiger partial charge on any atom is -0.479 e. The second-order valence-electron chi connectivity index (χ2n) is 4.55. The molecule has 1 saturated heterocycles. The molecule has 0 aliphatic carbocycles. The predicted molar refractivity (Wildman–Crippen MR) is 67.6 cm³/mol. The molecule has 0 aromatic heterocycles. The van der Waals surface area contributed by atoms with Crippen molar-refractivity contribution in [2.24, 2.45) is 0 Å². The topological polar surface area (TPSA) is 83.9 Å². The zero-order valence-electron chi connectivity index (χ0n) is 11.1. The van der Waals surface area contributed by atoms with Crippen LogP contribution in [-0.4, -0.2) is 49.6 Å². The van der Waals surface area contributed by atoms with Gasteiger partial charge in [-0.1, -0.05) is 12.1 Å². The van der Waals surface area contributed by atoms with E-state index in [2.05, 4.69) is 0 Å². The van der Waals surface area contributed by atoms with Crippen molar-refractivity contribution in [3.05, 3.63) is 29.8 Å². The van der Waals surface area contributed by atoms with Crippen LogP contribution in [0.4, 0.5) is 13.2 Å². The lowest BCUT2D eigenvalue weighted by Crippen LogP contribution is -2.48. The number of carboxylic acids is 1. The Morgan fingerprint density at radius 3 is 2.55 bits per heavy atom. The maximum Gasteiger partial charge on any atom is 0.417 e. The molecule has 0 bridgehead atoms. The minimum absolute atomic E-state index is 0.204. The second-order valence-corrected chi connectivity index (χ2v) is 6.46. The van der Waals surface area contributed by atoms with E-state index in [1.807, 2.05) is 0 Å². The SMILES string of the molecule is O=C(O)C1CN(S(=O)(=O)c2ccccc2C(F)(F)F)CCO1. The lowest BCUT2D eigenvalue weighted by Gasteiger charge is -2.30. The van der Waals surface area contributed by atoms with E-state index in [9.17, 15) is 26.4 Å². The Balaban J connectivity index is 2.41. The molecule has 1 atom stereocenters. The fraction of sp³-hybridized carbons (Fsp3) is 0.417. The second kappa shape index (κ2) is 5.86. The summed E-state index contributed by atoms with van der Waals surface area (Å²) >= 11 is 0. The van der Waals surface area contributed by atoms with Gasteiger partial charge >= 0.3 is 12.1 Å². The Bertz CT molecular complexity index is 674. The quantitative estimate of drug-likeness (QED) is 0.894. The van der Waals surface area contributed by atoms with Crippen LogP contribution in [0.5, 0.6) is 0 Å². The number of hydrogen-bond acceptors (Lipinski definition) is 4. The first kappa shape index (κ1) is 16.7. The summed E-state index contributed by atoms with van der Waals surface area (Å²) in [5, 5.41) is 8.85. The van der Waals surface area contributed by atoms with Gasteiger partial charge in [-0.15, -0.1) is 0 Å². The van der Waals surface area contributed by atoms with Crippen LogP contribution in [0, 0.1) is 0 Å². The van der Waals surface area contributed by atoms with Crippen molar-refractivity contribution in [3.63, 3.8) is 0 Å². The summed E-state index contributed by atoms with van der Waals surface area (Å²) in [6, 6.07) is 3.78. The molecule has 1 heterocycles. The molecule has 2 rings (SSSR count). The number of carbonyl (C=O) groups is 1. The van der Waals surface area contributed by atoms with Gasteiger partial charge in [0.25, 0.3) is 0 Å². The monoisotopic (exact) mass is 339 g/mol. The maximum absolute atomic E-state index is 12.9. The Morgan fingerprint density at radius 2 is 1.95 bits per heavy atom. The molecular formula is C12H12F3NO5S. The van der Waals surface area contributed by atoms with Crippen molar-refractivity contribution in [2.75, 3.05) is 19.7 Å². The third kappa shape index (κ3) is 3.23. The maximum atomic E-state index is 12.9. The molecule has 1 fully saturated rings. The van der Waals surface area contributed by atoms with Crippen LogP contribution in [0.2, 0.25) is 0 Å². The highest BCUT2D eigenvalue weighted by atomic mass is 32.2. The molecule has 1 aromatic rings. The predicted octanol–water partition coefficient (Wildman–Crippen LogP) is 1.18. The molecule has 6 nitrogen and oxygen atoms in total. The highest BCUT2D eigenvalue weighted by Crippen LogP contribution is 2.35. The molecule has 0 amide bonds. The first-order chi connectivity index (χ1) is 10.1. The summed E-state index contributed by atoms with van der Waals surface area (Å²) in [6.07, 6.45) is -6.23. The van der Waals surface area contributed by atoms with Gasteiger partial charge in [0.2, 0.25) is 10.0 Å². The molecule has 0 radical (unpaired) electrons. The van der Waals surface area contributed by atoms with Crippen molar-refractivity contribution in [1.82, 2.24) is 4.31 Å². The fourth-order valence-corrected chi connectivity index (χ4v) is 3.70. The van der Waals surface area contributed by atoms with Crippen molar-refractivity contribution >= 4 is 16.0 Å². The molecule has 0 spiro atoms. The molecule has 1 aliphatic rings. The highest BCUT2D eigenvalue weighted by Gasteiger charge is 2.40. The third-order valence-corrected chi connectivity index (χ3v) is 5.04. The van der Waals surface area contributed by atoms with Gasteiger partial charge in [-0.05, 0) is 12.1 Å². The summed E-state index contributed by atoms with van der Waals surface area (Å²) in [5.74, 6) is -1.37. The van der Waals surface area contributed by atoms with Gasteiger partial charge in [-0.3, -0.25) is 0 Å². The number of nitrogens with zero attached hydrogens (tertiary/aromatic N) is 1. The molecule has 10 heteroatoms. The van der Waals surface area contributed by atoms with Crippen LogP contribution in [-0.2, 0) is 25.7 Å². The molecule has 1 aromatic carbocycles. The number of ether oxygens (including phenoxy) is 1. The number of hydrogen-bond donors (Lipinski definition) is 1. The molecule has 1 aliphatic heterocycles. The third-order valence-electron chi connectivity index (χ3n) is 3.11. The van der Waals surface area contributed by atoms with Crippen LogP contribution >= 0.6 is 0 Å². The summed E-state index contributed by atoms with van der Waals surface area (Å²) in [6.45, 7) is -0.952. The van der Waals surface area contributed by atoms with E-state index in [1.165, 1.54) is 6.07 Å². The Morgan fingerprint density at radius 1 is 1.32 bits per heavy atom. The number of benzene rings is 1. The first-order valence-electron chi connectivity index (χ1n) is 6.15. The number of aliphatic carboxylic acids is 1. The van der Waals surface area contributed by atoms with Gasteiger partial charge < -0.3 is 9.84 Å². The van der Waals surface area contributed by atoms with Gasteiger partial charge in [0.1, 0.15) is 0 Å². The van der Waals surface area contributed by atoms with E-state index >= 15 is 0 Å². The van der Waals surface area contributed by atoms with E-state index < -0.39 is 45.3 Å². The summed E-state index contributed by atoms with van der Waals surface area (Å²) < 4.78 is 69.2. The van der Waals surface area contributed by atoms with E-state index in [0.29, 0.717) is 10.4 Å². The molecule has 1 N–H and O–H groups in total. The Kier molecular flexibility index (Phi) is 4.45. The largest absolute Gasteiger partial charge is 0.479 e. The lowest BCUT2D eigenvalue weighted by atomic mass is 10.2. The highest BCUT2D eigenvalue weighted by molar-refractivity contribution is 7.89. The van der Waals surface area contributed by atoms with Crippen LogP contribution in [0.25, 0.3) is 0 Å². The number of alkyl halides is 3. The minimum atomic E-state index is -4.83. The number of halogens is 3. The van der Waals surface area contributed by atoms with E-state index in [4.69, 9.17) is 9.84 Å². The molecule has 1 unspecified atom stereocenters. The standard InChI is InChI=1S/C12H12F3NO5S/c13-12(14,15)8-3-1-2-4-10(8)22(19,20)16-5-6-21-9(7-16)11(17)18/h1-4,9H,5-7H2,(H,17,18). The number of rotatable bonds is 3.